The zero-order chi connectivity index (χ0) is 14.4. The molecular weight excluding hydrogens is 248 g/mol. The number of carbonyl (C=O) groups excluding carboxylic acids is 2. The molecule has 0 spiro atoms. The number of para-hydroxylation sites is 1. The van der Waals surface area contributed by atoms with Crippen molar-refractivity contribution < 1.29 is 19.1 Å². The van der Waals surface area contributed by atoms with E-state index in [0.717, 1.165) is 0 Å². The summed E-state index contributed by atoms with van der Waals surface area (Å²) in [5.74, 6) is -0.498. The van der Waals surface area contributed by atoms with Crippen LogP contribution in [0.1, 0.15) is 17.3 Å². The summed E-state index contributed by atoms with van der Waals surface area (Å²) in [6, 6.07) is 4.89. The van der Waals surface area contributed by atoms with E-state index in [4.69, 9.17) is 15.2 Å². The van der Waals surface area contributed by atoms with Crippen molar-refractivity contribution in [3.8, 4) is 5.75 Å². The van der Waals surface area contributed by atoms with Gasteiger partial charge in [-0.2, -0.15) is 0 Å². The van der Waals surface area contributed by atoms with Crippen molar-refractivity contribution in [2.24, 2.45) is 0 Å². The lowest BCUT2D eigenvalue weighted by molar-refractivity contribution is -0.143. The molecule has 1 amide bonds. The molecule has 0 saturated carbocycles. The molecule has 0 atom stereocenters. The van der Waals surface area contributed by atoms with Crippen molar-refractivity contribution in [1.29, 1.82) is 0 Å². The van der Waals surface area contributed by atoms with E-state index in [-0.39, 0.29) is 19.1 Å². The van der Waals surface area contributed by atoms with Crippen LogP contribution in [0, 0.1) is 0 Å². The number of methoxy groups -OCH3 is 1. The molecule has 2 N–H and O–H groups in total. The number of nitrogens with zero attached hydrogens (tertiary/aromatic N) is 1. The van der Waals surface area contributed by atoms with Gasteiger partial charge < -0.3 is 20.1 Å². The highest BCUT2D eigenvalue weighted by Gasteiger charge is 2.20. The third-order valence-corrected chi connectivity index (χ3v) is 2.50. The molecule has 0 aliphatic rings. The maximum absolute atomic E-state index is 12.2. The molecule has 1 aromatic carbocycles. The average Bonchev–Trinajstić information content (AvgIpc) is 2.37. The Kier molecular flexibility index (Phi) is 5.17. The summed E-state index contributed by atoms with van der Waals surface area (Å²) in [4.78, 5) is 24.8. The molecule has 6 nitrogen and oxygen atoms in total. The largest absolute Gasteiger partial charge is 0.494 e. The van der Waals surface area contributed by atoms with Crippen LogP contribution in [0.3, 0.4) is 0 Å². The molecule has 1 rings (SSSR count). The zero-order valence-corrected chi connectivity index (χ0v) is 11.3. The van der Waals surface area contributed by atoms with Gasteiger partial charge in [0.05, 0.1) is 25.0 Å². The van der Waals surface area contributed by atoms with Crippen molar-refractivity contribution in [2.45, 2.75) is 6.92 Å². The van der Waals surface area contributed by atoms with Gasteiger partial charge in [-0.3, -0.25) is 9.59 Å². The van der Waals surface area contributed by atoms with Crippen LogP contribution >= 0.6 is 0 Å². The van der Waals surface area contributed by atoms with E-state index in [2.05, 4.69) is 0 Å². The summed E-state index contributed by atoms with van der Waals surface area (Å²) < 4.78 is 9.90. The van der Waals surface area contributed by atoms with Crippen LogP contribution in [0.5, 0.6) is 5.75 Å². The molecule has 0 bridgehead atoms. The number of carbonyl (C=O) groups is 2. The van der Waals surface area contributed by atoms with Gasteiger partial charge in [-0.1, -0.05) is 6.07 Å². The number of nitrogen functional groups attached to an aromatic ring is 1. The number of nitrogens with two attached hydrogens (primary N) is 1. The van der Waals surface area contributed by atoms with E-state index in [1.54, 1.807) is 25.1 Å². The number of esters is 1. The summed E-state index contributed by atoms with van der Waals surface area (Å²) in [6.45, 7) is 1.87. The number of rotatable bonds is 5. The third-order valence-electron chi connectivity index (χ3n) is 2.50. The van der Waals surface area contributed by atoms with Crippen molar-refractivity contribution in [2.75, 3.05) is 33.0 Å². The topological polar surface area (TPSA) is 81.9 Å². The maximum Gasteiger partial charge on any atom is 0.325 e. The standard InChI is InChI=1S/C13H18N2O4/c1-4-19-11(16)8-15(2)13(17)9-6-5-7-10(14)12(9)18-3/h5-7H,4,8,14H2,1-3H3. The van der Waals surface area contributed by atoms with Crippen molar-refractivity contribution in [3.05, 3.63) is 23.8 Å². The second kappa shape index (κ2) is 6.63. The summed E-state index contributed by atoms with van der Waals surface area (Å²) in [6.07, 6.45) is 0. The molecule has 19 heavy (non-hydrogen) atoms. The minimum absolute atomic E-state index is 0.120. The molecule has 1 aromatic rings. The van der Waals surface area contributed by atoms with E-state index in [1.807, 2.05) is 0 Å². The van der Waals surface area contributed by atoms with Crippen LogP contribution in [0.15, 0.2) is 18.2 Å². The zero-order valence-electron chi connectivity index (χ0n) is 11.3. The molecular formula is C13H18N2O4. The lowest BCUT2D eigenvalue weighted by atomic mass is 10.1. The van der Waals surface area contributed by atoms with Crippen LogP contribution in [0.2, 0.25) is 0 Å². The van der Waals surface area contributed by atoms with Gasteiger partial charge in [-0.15, -0.1) is 0 Å². The van der Waals surface area contributed by atoms with Crippen molar-refractivity contribution in [3.63, 3.8) is 0 Å². The van der Waals surface area contributed by atoms with E-state index >= 15 is 0 Å². The lowest BCUT2D eigenvalue weighted by Crippen LogP contribution is -2.33. The predicted molar refractivity (Wildman–Crippen MR) is 71.0 cm³/mol. The van der Waals surface area contributed by atoms with E-state index in [0.29, 0.717) is 17.0 Å². The van der Waals surface area contributed by atoms with E-state index < -0.39 is 5.97 Å². The van der Waals surface area contributed by atoms with Gasteiger partial charge in [0.15, 0.2) is 5.75 Å². The molecule has 6 heteroatoms. The van der Waals surface area contributed by atoms with Gasteiger partial charge in [0, 0.05) is 7.05 Å². The Balaban J connectivity index is 2.88. The van der Waals surface area contributed by atoms with Crippen LogP contribution in [-0.2, 0) is 9.53 Å². The van der Waals surface area contributed by atoms with Gasteiger partial charge in [-0.05, 0) is 19.1 Å². The fourth-order valence-electron chi connectivity index (χ4n) is 1.63. The smallest absolute Gasteiger partial charge is 0.325 e. The summed E-state index contributed by atoms with van der Waals surface area (Å²) in [7, 11) is 2.95. The summed E-state index contributed by atoms with van der Waals surface area (Å²) in [5, 5.41) is 0. The number of hydrogen-bond acceptors (Lipinski definition) is 5. The molecule has 0 fully saturated rings. The number of benzene rings is 1. The number of anilines is 1. The average molecular weight is 266 g/mol. The van der Waals surface area contributed by atoms with Crippen LogP contribution in [0.4, 0.5) is 5.69 Å². The predicted octanol–water partition coefficient (Wildman–Crippen LogP) is 0.912. The van der Waals surface area contributed by atoms with Gasteiger partial charge in [0.1, 0.15) is 6.54 Å². The van der Waals surface area contributed by atoms with Crippen LogP contribution < -0.4 is 10.5 Å². The summed E-state index contributed by atoms with van der Waals surface area (Å²) >= 11 is 0. The minimum atomic E-state index is -0.457. The highest BCUT2D eigenvalue weighted by atomic mass is 16.5. The van der Waals surface area contributed by atoms with Gasteiger partial charge in [0.2, 0.25) is 0 Å². The van der Waals surface area contributed by atoms with Crippen molar-refractivity contribution >= 4 is 17.6 Å². The third kappa shape index (κ3) is 3.61. The second-order valence-electron chi connectivity index (χ2n) is 3.89. The fourth-order valence-corrected chi connectivity index (χ4v) is 1.63. The number of likely N-dealkylation sites (N-methyl/N-ethyl adjacent to an activating group) is 1. The molecule has 0 aliphatic carbocycles. The first-order valence-corrected chi connectivity index (χ1v) is 5.84. The van der Waals surface area contributed by atoms with Crippen molar-refractivity contribution in [1.82, 2.24) is 4.90 Å². The van der Waals surface area contributed by atoms with E-state index in [9.17, 15) is 9.59 Å². The Bertz CT molecular complexity index is 474. The molecule has 0 aliphatic heterocycles. The Hall–Kier alpha value is -2.24. The molecule has 0 heterocycles. The van der Waals surface area contributed by atoms with Crippen LogP contribution in [0.25, 0.3) is 0 Å². The van der Waals surface area contributed by atoms with Gasteiger partial charge in [-0.25, -0.2) is 0 Å². The lowest BCUT2D eigenvalue weighted by Gasteiger charge is -2.18. The first-order chi connectivity index (χ1) is 9.01. The molecule has 0 unspecified atom stereocenters. The Morgan fingerprint density at radius 1 is 1.37 bits per heavy atom. The van der Waals surface area contributed by atoms with Crippen LogP contribution in [-0.4, -0.2) is 44.1 Å². The Morgan fingerprint density at radius 3 is 2.63 bits per heavy atom. The monoisotopic (exact) mass is 266 g/mol. The van der Waals surface area contributed by atoms with E-state index in [1.165, 1.54) is 19.1 Å². The Labute approximate surface area is 112 Å². The number of amides is 1. The maximum atomic E-state index is 12.2. The molecule has 0 saturated heterocycles. The quantitative estimate of drug-likeness (QED) is 0.633. The van der Waals surface area contributed by atoms with Gasteiger partial charge in [0.25, 0.3) is 5.91 Å². The first kappa shape index (κ1) is 14.8. The highest BCUT2D eigenvalue weighted by molar-refractivity contribution is 5.99. The number of hydrogen-bond donors (Lipinski definition) is 1. The fraction of sp³-hybridized carbons (Fsp3) is 0.385. The Morgan fingerprint density at radius 2 is 2.05 bits per heavy atom. The number of ether oxygens (including phenoxy) is 2. The highest BCUT2D eigenvalue weighted by Crippen LogP contribution is 2.26. The first-order valence-electron chi connectivity index (χ1n) is 5.84. The summed E-state index contributed by atoms with van der Waals surface area (Å²) in [5.41, 5.74) is 6.42. The minimum Gasteiger partial charge on any atom is -0.494 e. The SMILES string of the molecule is CCOC(=O)CN(C)C(=O)c1cccc(N)c1OC. The molecule has 0 radical (unpaired) electrons. The molecule has 104 valence electrons. The normalized spacial score (nSPS) is 9.84. The second-order valence-corrected chi connectivity index (χ2v) is 3.89. The van der Waals surface area contributed by atoms with Gasteiger partial charge >= 0.3 is 5.97 Å². The molecule has 0 aromatic heterocycles.